The Morgan fingerprint density at radius 3 is 2.32 bits per heavy atom. The number of nitrogens with zero attached hydrogens (tertiary/aromatic N) is 1. The number of anilines is 2. The molecule has 3 aromatic rings. The van der Waals surface area contributed by atoms with Crippen molar-refractivity contribution >= 4 is 27.3 Å². The van der Waals surface area contributed by atoms with E-state index in [9.17, 15) is 13.2 Å². The molecule has 0 aliphatic heterocycles. The molecule has 7 nitrogen and oxygen atoms in total. The summed E-state index contributed by atoms with van der Waals surface area (Å²) < 4.78 is 37.0. The van der Waals surface area contributed by atoms with Crippen LogP contribution in [0.1, 0.15) is 34.0 Å². The Bertz CT molecular complexity index is 1270. The summed E-state index contributed by atoms with van der Waals surface area (Å²) in [4.78, 5) is 12.7. The van der Waals surface area contributed by atoms with Crippen LogP contribution in [0.25, 0.3) is 0 Å². The number of rotatable bonds is 9. The molecule has 0 radical (unpaired) electrons. The third-order valence-corrected chi connectivity index (χ3v) is 6.56. The molecule has 0 heterocycles. The summed E-state index contributed by atoms with van der Waals surface area (Å²) in [5.74, 6) is 0.736. The van der Waals surface area contributed by atoms with E-state index >= 15 is 0 Å². The minimum atomic E-state index is -3.51. The third-order valence-electron chi connectivity index (χ3n) is 5.37. The molecule has 0 unspecified atom stereocenters. The Labute approximate surface area is 201 Å². The van der Waals surface area contributed by atoms with Gasteiger partial charge >= 0.3 is 0 Å². The molecular weight excluding hydrogens is 452 g/mol. The third kappa shape index (κ3) is 6.29. The highest BCUT2D eigenvalue weighted by Crippen LogP contribution is 2.33. The topological polar surface area (TPSA) is 84.9 Å². The van der Waals surface area contributed by atoms with E-state index in [1.807, 2.05) is 39.0 Å². The Hall–Kier alpha value is -3.52. The van der Waals surface area contributed by atoms with Crippen LogP contribution < -0.4 is 19.1 Å². The Morgan fingerprint density at radius 2 is 1.68 bits per heavy atom. The molecular formula is C26H30N2O5S. The monoisotopic (exact) mass is 482 g/mol. The minimum absolute atomic E-state index is 0.258. The van der Waals surface area contributed by atoms with E-state index in [1.165, 1.54) is 7.05 Å². The molecule has 34 heavy (non-hydrogen) atoms. The Kier molecular flexibility index (Phi) is 7.83. The molecule has 0 saturated carbocycles. The first kappa shape index (κ1) is 25.1. The number of sulfonamides is 1. The fourth-order valence-electron chi connectivity index (χ4n) is 3.33. The van der Waals surface area contributed by atoms with Crippen molar-refractivity contribution in [1.82, 2.24) is 0 Å². The lowest BCUT2D eigenvalue weighted by molar-refractivity contribution is 0.102. The van der Waals surface area contributed by atoms with Gasteiger partial charge in [0, 0.05) is 24.4 Å². The number of aryl methyl sites for hydroxylation is 2. The van der Waals surface area contributed by atoms with Crippen molar-refractivity contribution in [2.75, 3.05) is 29.5 Å². The van der Waals surface area contributed by atoms with E-state index in [-0.39, 0.29) is 12.5 Å². The SMILES string of the molecule is CCOc1ccc(C(=O)Nc2ccc(N(C)S(C)(=O)=O)c(OCc3cc(C)ccc3C)c2)cc1. The van der Waals surface area contributed by atoms with Gasteiger partial charge in [0.1, 0.15) is 18.1 Å². The summed E-state index contributed by atoms with van der Waals surface area (Å²) in [5.41, 5.74) is 4.51. The maximum Gasteiger partial charge on any atom is 0.255 e. The van der Waals surface area contributed by atoms with E-state index in [0.29, 0.717) is 35.0 Å². The Morgan fingerprint density at radius 1 is 0.971 bits per heavy atom. The molecule has 3 rings (SSSR count). The molecule has 3 aromatic carbocycles. The minimum Gasteiger partial charge on any atom is -0.494 e. The van der Waals surface area contributed by atoms with Crippen LogP contribution in [0, 0.1) is 13.8 Å². The number of nitrogens with one attached hydrogen (secondary N) is 1. The summed E-state index contributed by atoms with van der Waals surface area (Å²) >= 11 is 0. The maximum atomic E-state index is 12.7. The maximum absolute atomic E-state index is 12.7. The average Bonchev–Trinajstić information content (AvgIpc) is 2.79. The normalized spacial score (nSPS) is 11.1. The summed E-state index contributed by atoms with van der Waals surface area (Å²) in [5, 5.41) is 2.85. The van der Waals surface area contributed by atoms with Crippen molar-refractivity contribution in [3.63, 3.8) is 0 Å². The van der Waals surface area contributed by atoms with Crippen LogP contribution in [-0.4, -0.2) is 34.2 Å². The predicted octanol–water partition coefficient (Wildman–Crippen LogP) is 4.93. The molecule has 0 spiro atoms. The van der Waals surface area contributed by atoms with Crippen molar-refractivity contribution in [3.8, 4) is 11.5 Å². The molecule has 180 valence electrons. The van der Waals surface area contributed by atoms with Gasteiger partial charge in [-0.2, -0.15) is 0 Å². The van der Waals surface area contributed by atoms with Crippen LogP contribution in [-0.2, 0) is 16.6 Å². The molecule has 0 atom stereocenters. The number of carbonyl (C=O) groups is 1. The summed E-state index contributed by atoms with van der Waals surface area (Å²) in [6, 6.07) is 17.8. The highest BCUT2D eigenvalue weighted by molar-refractivity contribution is 7.92. The van der Waals surface area contributed by atoms with Crippen LogP contribution in [0.2, 0.25) is 0 Å². The van der Waals surface area contributed by atoms with Gasteiger partial charge in [0.15, 0.2) is 0 Å². The largest absolute Gasteiger partial charge is 0.494 e. The van der Waals surface area contributed by atoms with Gasteiger partial charge in [0.25, 0.3) is 5.91 Å². The Balaban J connectivity index is 1.87. The molecule has 0 bridgehead atoms. The summed E-state index contributed by atoms with van der Waals surface area (Å²) in [7, 11) is -2.04. The van der Waals surface area contributed by atoms with Crippen LogP contribution in [0.4, 0.5) is 11.4 Å². The molecule has 0 aliphatic rings. The lowest BCUT2D eigenvalue weighted by Gasteiger charge is -2.21. The van der Waals surface area contributed by atoms with E-state index in [2.05, 4.69) is 5.32 Å². The van der Waals surface area contributed by atoms with Gasteiger partial charge in [-0.05, 0) is 68.3 Å². The average molecular weight is 483 g/mol. The van der Waals surface area contributed by atoms with Crippen LogP contribution >= 0.6 is 0 Å². The molecule has 8 heteroatoms. The van der Waals surface area contributed by atoms with E-state index in [1.54, 1.807) is 42.5 Å². The van der Waals surface area contributed by atoms with Gasteiger partial charge in [-0.1, -0.05) is 23.8 Å². The van der Waals surface area contributed by atoms with Crippen molar-refractivity contribution in [3.05, 3.63) is 82.9 Å². The van der Waals surface area contributed by atoms with Crippen LogP contribution in [0.3, 0.4) is 0 Å². The zero-order valence-electron chi connectivity index (χ0n) is 20.1. The van der Waals surface area contributed by atoms with Gasteiger partial charge in [-0.15, -0.1) is 0 Å². The molecule has 0 aliphatic carbocycles. The lowest BCUT2D eigenvalue weighted by Crippen LogP contribution is -2.25. The van der Waals surface area contributed by atoms with E-state index < -0.39 is 10.0 Å². The molecule has 1 amide bonds. The van der Waals surface area contributed by atoms with Gasteiger partial charge in [-0.25, -0.2) is 8.42 Å². The second-order valence-corrected chi connectivity index (χ2v) is 10.1. The lowest BCUT2D eigenvalue weighted by atomic mass is 10.1. The second kappa shape index (κ2) is 10.6. The molecule has 1 N–H and O–H groups in total. The highest BCUT2D eigenvalue weighted by Gasteiger charge is 2.18. The second-order valence-electron chi connectivity index (χ2n) is 8.04. The predicted molar refractivity (Wildman–Crippen MR) is 136 cm³/mol. The first-order valence-electron chi connectivity index (χ1n) is 10.9. The van der Waals surface area contributed by atoms with Crippen molar-refractivity contribution < 1.29 is 22.7 Å². The number of ether oxygens (including phenoxy) is 2. The van der Waals surface area contributed by atoms with Gasteiger partial charge < -0.3 is 14.8 Å². The van der Waals surface area contributed by atoms with Gasteiger partial charge in [-0.3, -0.25) is 9.10 Å². The van der Waals surface area contributed by atoms with E-state index in [0.717, 1.165) is 27.3 Å². The fourth-order valence-corrected chi connectivity index (χ4v) is 3.84. The van der Waals surface area contributed by atoms with Crippen LogP contribution in [0.5, 0.6) is 11.5 Å². The molecule has 0 saturated heterocycles. The highest BCUT2D eigenvalue weighted by atomic mass is 32.2. The standard InChI is InChI=1S/C26H30N2O5S/c1-6-32-23-12-9-20(10-13-23)26(29)27-22-11-14-24(28(4)34(5,30)31)25(16-22)33-17-21-15-18(2)7-8-19(21)3/h7-16H,6,17H2,1-5H3,(H,27,29). The molecule has 0 fully saturated rings. The number of benzene rings is 3. The van der Waals surface area contributed by atoms with Gasteiger partial charge in [0.05, 0.1) is 18.6 Å². The first-order valence-corrected chi connectivity index (χ1v) is 12.7. The van der Waals surface area contributed by atoms with Crippen molar-refractivity contribution in [1.29, 1.82) is 0 Å². The fraction of sp³-hybridized carbons (Fsp3) is 0.269. The molecule has 0 aromatic heterocycles. The first-order chi connectivity index (χ1) is 16.1. The number of hydrogen-bond acceptors (Lipinski definition) is 5. The van der Waals surface area contributed by atoms with Gasteiger partial charge in [0.2, 0.25) is 10.0 Å². The summed E-state index contributed by atoms with van der Waals surface area (Å²) in [6.45, 7) is 6.70. The van der Waals surface area contributed by atoms with Crippen molar-refractivity contribution in [2.24, 2.45) is 0 Å². The zero-order chi connectivity index (χ0) is 24.9. The number of amides is 1. The zero-order valence-corrected chi connectivity index (χ0v) is 20.9. The van der Waals surface area contributed by atoms with Crippen molar-refractivity contribution in [2.45, 2.75) is 27.4 Å². The number of hydrogen-bond donors (Lipinski definition) is 1. The smallest absolute Gasteiger partial charge is 0.255 e. The van der Waals surface area contributed by atoms with Crippen LogP contribution in [0.15, 0.2) is 60.7 Å². The van der Waals surface area contributed by atoms with E-state index in [4.69, 9.17) is 9.47 Å². The quantitative estimate of drug-likeness (QED) is 0.468. The summed E-state index contributed by atoms with van der Waals surface area (Å²) in [6.07, 6.45) is 1.13. The number of carbonyl (C=O) groups excluding carboxylic acids is 1.